The average molecular weight is 319 g/mol. The molecule has 0 atom stereocenters. The third kappa shape index (κ3) is 10.1. The second kappa shape index (κ2) is 13.2. The molecule has 0 fully saturated rings. The first-order valence-electron chi connectivity index (χ1n) is 9.56. The fraction of sp³-hybridized carbons (Fsp3) is 0.667. The van der Waals surface area contributed by atoms with Gasteiger partial charge in [-0.2, -0.15) is 0 Å². The molecule has 0 spiro atoms. The summed E-state index contributed by atoms with van der Waals surface area (Å²) < 4.78 is 0. The molecule has 0 unspecified atom stereocenters. The number of hydrogen-bond donors (Lipinski definition) is 1. The Hall–Kier alpha value is -1.31. The summed E-state index contributed by atoms with van der Waals surface area (Å²) in [4.78, 5) is 11.5. The van der Waals surface area contributed by atoms with Crippen LogP contribution < -0.4 is 5.43 Å². The number of unbranched alkanes of at least 4 members (excludes halogenated alkanes) is 11. The molecule has 0 radical (unpaired) electrons. The van der Waals surface area contributed by atoms with Crippen molar-refractivity contribution in [1.82, 2.24) is 0 Å². The van der Waals surface area contributed by atoms with E-state index in [2.05, 4.69) is 6.92 Å². The zero-order chi connectivity index (χ0) is 16.8. The summed E-state index contributed by atoms with van der Waals surface area (Å²) >= 11 is 0. The first-order chi connectivity index (χ1) is 11.2. The standard InChI is InChI=1S/C21H34O2/c1-2-3-4-5-6-7-8-9-10-11-12-13-15-19-16-14-17-20(22)21(23)18-19/h14,16-18H,2-13,15H2,1H3,(H,22,23). The second-order valence-electron chi connectivity index (χ2n) is 6.63. The minimum Gasteiger partial charge on any atom is -0.504 e. The molecule has 2 heteroatoms. The fourth-order valence-corrected chi connectivity index (χ4v) is 2.96. The van der Waals surface area contributed by atoms with Crippen LogP contribution in [0.15, 0.2) is 29.1 Å². The van der Waals surface area contributed by atoms with E-state index in [0.29, 0.717) is 0 Å². The Morgan fingerprint density at radius 1 is 0.783 bits per heavy atom. The maximum Gasteiger partial charge on any atom is 0.220 e. The molecule has 2 nitrogen and oxygen atoms in total. The first kappa shape index (κ1) is 19.7. The van der Waals surface area contributed by atoms with Crippen LogP contribution in [0.1, 0.15) is 89.5 Å². The lowest BCUT2D eigenvalue weighted by molar-refractivity contribution is 0.471. The Bertz CT molecular complexity index is 468. The summed E-state index contributed by atoms with van der Waals surface area (Å²) in [5.41, 5.74) is 0.756. The smallest absolute Gasteiger partial charge is 0.220 e. The molecule has 0 amide bonds. The highest BCUT2D eigenvalue weighted by molar-refractivity contribution is 5.23. The molecule has 23 heavy (non-hydrogen) atoms. The van der Waals surface area contributed by atoms with E-state index in [1.54, 1.807) is 12.1 Å². The van der Waals surface area contributed by atoms with Gasteiger partial charge >= 0.3 is 0 Å². The van der Waals surface area contributed by atoms with Crippen molar-refractivity contribution in [3.8, 4) is 5.75 Å². The summed E-state index contributed by atoms with van der Waals surface area (Å²) in [5.74, 6) is -0.161. The zero-order valence-electron chi connectivity index (χ0n) is 14.9. The highest BCUT2D eigenvalue weighted by atomic mass is 16.3. The molecule has 0 saturated heterocycles. The SMILES string of the molecule is CCCCCCCCCCCCCCc1cccc(O)c(=O)c1. The molecule has 0 aromatic heterocycles. The monoisotopic (exact) mass is 318 g/mol. The summed E-state index contributed by atoms with van der Waals surface area (Å²) in [6.07, 6.45) is 17.1. The van der Waals surface area contributed by atoms with Crippen molar-refractivity contribution in [1.29, 1.82) is 0 Å². The lowest BCUT2D eigenvalue weighted by atomic mass is 10.0. The average Bonchev–Trinajstić information content (AvgIpc) is 2.70. The predicted octanol–water partition coefficient (Wildman–Crippen LogP) is 6.00. The fourth-order valence-electron chi connectivity index (χ4n) is 2.96. The molecular formula is C21H34O2. The summed E-state index contributed by atoms with van der Waals surface area (Å²) in [6, 6.07) is 6.72. The normalized spacial score (nSPS) is 10.8. The van der Waals surface area contributed by atoms with Gasteiger partial charge < -0.3 is 5.11 Å². The molecule has 0 aliphatic heterocycles. The number of hydrogen-bond acceptors (Lipinski definition) is 2. The van der Waals surface area contributed by atoms with E-state index >= 15 is 0 Å². The Labute approximate surface area is 142 Å². The largest absolute Gasteiger partial charge is 0.504 e. The Morgan fingerprint density at radius 2 is 1.30 bits per heavy atom. The predicted molar refractivity (Wildman–Crippen MR) is 99.2 cm³/mol. The van der Waals surface area contributed by atoms with Crippen molar-refractivity contribution >= 4 is 0 Å². The van der Waals surface area contributed by atoms with Crippen LogP contribution in [0.4, 0.5) is 0 Å². The van der Waals surface area contributed by atoms with Gasteiger partial charge in [-0.1, -0.05) is 89.7 Å². The Kier molecular flexibility index (Phi) is 11.3. The third-order valence-electron chi connectivity index (χ3n) is 4.45. The molecular weight excluding hydrogens is 284 g/mol. The van der Waals surface area contributed by atoms with Gasteiger partial charge in [0, 0.05) is 0 Å². The van der Waals surface area contributed by atoms with E-state index in [1.165, 1.54) is 76.7 Å². The van der Waals surface area contributed by atoms with Crippen molar-refractivity contribution in [3.05, 3.63) is 40.1 Å². The highest BCUT2D eigenvalue weighted by Gasteiger charge is 1.97. The molecule has 1 N–H and O–H groups in total. The van der Waals surface area contributed by atoms with Crippen LogP contribution in [0.25, 0.3) is 0 Å². The van der Waals surface area contributed by atoms with Crippen molar-refractivity contribution in [2.24, 2.45) is 0 Å². The van der Waals surface area contributed by atoms with E-state index in [1.807, 2.05) is 6.07 Å². The van der Waals surface area contributed by atoms with E-state index in [4.69, 9.17) is 0 Å². The van der Waals surface area contributed by atoms with Crippen LogP contribution in [-0.2, 0) is 6.42 Å². The third-order valence-corrected chi connectivity index (χ3v) is 4.45. The number of rotatable bonds is 13. The topological polar surface area (TPSA) is 37.3 Å². The van der Waals surface area contributed by atoms with Crippen molar-refractivity contribution < 1.29 is 5.11 Å². The van der Waals surface area contributed by atoms with Gasteiger partial charge in [0.2, 0.25) is 5.43 Å². The molecule has 0 bridgehead atoms. The lowest BCUT2D eigenvalue weighted by Gasteiger charge is -2.03. The van der Waals surface area contributed by atoms with Crippen LogP contribution in [0.2, 0.25) is 0 Å². The molecule has 130 valence electrons. The molecule has 0 heterocycles. The minimum atomic E-state index is -0.274. The lowest BCUT2D eigenvalue weighted by Crippen LogP contribution is -1.95. The van der Waals surface area contributed by atoms with Gasteiger partial charge in [-0.05, 0) is 30.5 Å². The van der Waals surface area contributed by atoms with E-state index in [9.17, 15) is 9.90 Å². The Balaban J connectivity index is 1.97. The highest BCUT2D eigenvalue weighted by Crippen LogP contribution is 2.13. The Morgan fingerprint density at radius 3 is 1.87 bits per heavy atom. The minimum absolute atomic E-state index is 0.161. The molecule has 1 rings (SSSR count). The van der Waals surface area contributed by atoms with Gasteiger partial charge in [0.1, 0.15) is 0 Å². The van der Waals surface area contributed by atoms with Gasteiger partial charge in [0.15, 0.2) is 5.75 Å². The van der Waals surface area contributed by atoms with E-state index in [-0.39, 0.29) is 11.2 Å². The first-order valence-corrected chi connectivity index (χ1v) is 9.56. The van der Waals surface area contributed by atoms with E-state index < -0.39 is 0 Å². The van der Waals surface area contributed by atoms with Crippen molar-refractivity contribution in [2.45, 2.75) is 90.4 Å². The summed E-state index contributed by atoms with van der Waals surface area (Å²) in [5, 5.41) is 9.36. The van der Waals surface area contributed by atoms with Crippen molar-refractivity contribution in [3.63, 3.8) is 0 Å². The summed E-state index contributed by atoms with van der Waals surface area (Å²) in [7, 11) is 0. The van der Waals surface area contributed by atoms with E-state index in [0.717, 1.165) is 18.4 Å². The van der Waals surface area contributed by atoms with Crippen LogP contribution in [0.5, 0.6) is 5.75 Å². The van der Waals surface area contributed by atoms with Gasteiger partial charge in [-0.3, -0.25) is 4.79 Å². The van der Waals surface area contributed by atoms with Gasteiger partial charge in [0.25, 0.3) is 0 Å². The number of aryl methyl sites for hydroxylation is 1. The molecule has 0 aliphatic carbocycles. The summed E-state index contributed by atoms with van der Waals surface area (Å²) in [6.45, 7) is 2.27. The van der Waals surface area contributed by atoms with Gasteiger partial charge in [-0.25, -0.2) is 0 Å². The van der Waals surface area contributed by atoms with Crippen LogP contribution >= 0.6 is 0 Å². The van der Waals surface area contributed by atoms with Gasteiger partial charge in [-0.15, -0.1) is 0 Å². The number of aromatic hydroxyl groups is 1. The second-order valence-corrected chi connectivity index (χ2v) is 6.63. The maximum atomic E-state index is 11.5. The van der Waals surface area contributed by atoms with Crippen molar-refractivity contribution in [2.75, 3.05) is 0 Å². The molecule has 0 saturated carbocycles. The van der Waals surface area contributed by atoms with Crippen LogP contribution in [-0.4, -0.2) is 5.11 Å². The van der Waals surface area contributed by atoms with Gasteiger partial charge in [0.05, 0.1) is 0 Å². The van der Waals surface area contributed by atoms with Crippen LogP contribution in [0, 0.1) is 0 Å². The quantitative estimate of drug-likeness (QED) is 0.453. The maximum absolute atomic E-state index is 11.5. The zero-order valence-corrected chi connectivity index (χ0v) is 14.9. The molecule has 0 aliphatic rings. The molecule has 1 aromatic rings. The molecule has 1 aromatic carbocycles. The van der Waals surface area contributed by atoms with Crippen LogP contribution in [0.3, 0.4) is 0 Å².